The van der Waals surface area contributed by atoms with Crippen LogP contribution in [0, 0.1) is 6.92 Å². The zero-order valence-corrected chi connectivity index (χ0v) is 18.6. The van der Waals surface area contributed by atoms with E-state index in [0.29, 0.717) is 33.5 Å². The first kappa shape index (κ1) is 21.6. The van der Waals surface area contributed by atoms with Gasteiger partial charge in [-0.15, -0.1) is 11.3 Å². The molecule has 0 atom stereocenters. The van der Waals surface area contributed by atoms with Crippen molar-refractivity contribution in [3.05, 3.63) is 31.3 Å². The van der Waals surface area contributed by atoms with E-state index < -0.39 is 25.5 Å². The second-order valence-electron chi connectivity index (χ2n) is 7.91. The largest absolute Gasteiger partial charge is 0.462 e. The summed E-state index contributed by atoms with van der Waals surface area (Å²) in [7, 11) is -2.34. The minimum Gasteiger partial charge on any atom is -0.462 e. The molecule has 2 heterocycles. The second-order valence-corrected chi connectivity index (χ2v) is 13.4. The highest BCUT2D eigenvalue weighted by atomic mass is 32.1. The number of aromatic nitrogens is 2. The van der Waals surface area contributed by atoms with Crippen LogP contribution in [-0.2, 0) is 11.3 Å². The van der Waals surface area contributed by atoms with Crippen LogP contribution < -0.4 is 11.2 Å². The monoisotopic (exact) mass is 412 g/mol. The lowest BCUT2D eigenvalue weighted by atomic mass is 10.1. The standard InChI is InChI=1S/C18H28N2O5SSi/c1-7-25-16(22)13-11(2)12-14(26-13)19-17(23)20(15(12)21)10-8-9-18(3,4)27(5,6)24/h24H,7-10H2,1-6H3,(H,19,23). The Balaban J connectivity index is 2.36. The van der Waals surface area contributed by atoms with Crippen molar-refractivity contribution in [2.24, 2.45) is 0 Å². The van der Waals surface area contributed by atoms with Crippen molar-refractivity contribution < 1.29 is 14.3 Å². The molecule has 150 valence electrons. The number of H-pyrrole nitrogens is 1. The summed E-state index contributed by atoms with van der Waals surface area (Å²) in [4.78, 5) is 51.1. The van der Waals surface area contributed by atoms with Gasteiger partial charge < -0.3 is 9.53 Å². The Labute approximate surface area is 163 Å². The summed E-state index contributed by atoms with van der Waals surface area (Å²) < 4.78 is 6.20. The number of esters is 1. The van der Waals surface area contributed by atoms with Crippen LogP contribution in [0.5, 0.6) is 0 Å². The summed E-state index contributed by atoms with van der Waals surface area (Å²) in [6.07, 6.45) is 1.32. The first-order chi connectivity index (χ1) is 12.4. The summed E-state index contributed by atoms with van der Waals surface area (Å²) >= 11 is 1.07. The number of nitrogens with one attached hydrogen (secondary N) is 1. The molecule has 0 saturated carbocycles. The average Bonchev–Trinajstić information content (AvgIpc) is 2.86. The van der Waals surface area contributed by atoms with Gasteiger partial charge in [0.2, 0.25) is 0 Å². The van der Waals surface area contributed by atoms with Gasteiger partial charge in [-0.1, -0.05) is 13.8 Å². The topological polar surface area (TPSA) is 101 Å². The molecular formula is C18H28N2O5SSi. The van der Waals surface area contributed by atoms with Crippen LogP contribution in [-0.4, -0.2) is 35.2 Å². The van der Waals surface area contributed by atoms with Crippen LogP contribution in [0.4, 0.5) is 0 Å². The number of hydrogen-bond donors (Lipinski definition) is 2. The van der Waals surface area contributed by atoms with Gasteiger partial charge >= 0.3 is 11.7 Å². The molecule has 0 aromatic carbocycles. The van der Waals surface area contributed by atoms with Gasteiger partial charge in [-0.3, -0.25) is 14.3 Å². The zero-order valence-electron chi connectivity index (χ0n) is 16.8. The minimum atomic E-state index is -2.34. The van der Waals surface area contributed by atoms with Crippen molar-refractivity contribution in [1.29, 1.82) is 0 Å². The van der Waals surface area contributed by atoms with Crippen molar-refractivity contribution in [3.63, 3.8) is 0 Å². The van der Waals surface area contributed by atoms with E-state index in [1.165, 1.54) is 4.57 Å². The summed E-state index contributed by atoms with van der Waals surface area (Å²) in [5.74, 6) is -0.486. The quantitative estimate of drug-likeness (QED) is 0.538. The smallest absolute Gasteiger partial charge is 0.348 e. The van der Waals surface area contributed by atoms with E-state index >= 15 is 0 Å². The Morgan fingerprint density at radius 1 is 1.33 bits per heavy atom. The number of carbonyl (C=O) groups is 1. The number of aryl methyl sites for hydroxylation is 1. The predicted octanol–water partition coefficient (Wildman–Crippen LogP) is 2.99. The van der Waals surface area contributed by atoms with E-state index in [2.05, 4.69) is 4.98 Å². The van der Waals surface area contributed by atoms with Crippen LogP contribution in [0.15, 0.2) is 9.59 Å². The molecule has 0 spiro atoms. The fourth-order valence-corrected chi connectivity index (χ4v) is 4.70. The fourth-order valence-electron chi connectivity index (χ4n) is 2.83. The average molecular weight is 413 g/mol. The first-order valence-corrected chi connectivity index (χ1v) is 12.8. The van der Waals surface area contributed by atoms with E-state index in [4.69, 9.17) is 4.74 Å². The number of aromatic amines is 1. The third-order valence-electron chi connectivity index (χ3n) is 5.37. The Morgan fingerprint density at radius 2 is 1.96 bits per heavy atom. The number of thiophene rings is 1. The Morgan fingerprint density at radius 3 is 2.52 bits per heavy atom. The molecule has 0 bridgehead atoms. The van der Waals surface area contributed by atoms with Crippen molar-refractivity contribution >= 4 is 35.8 Å². The van der Waals surface area contributed by atoms with Crippen LogP contribution in [0.3, 0.4) is 0 Å². The molecule has 0 aliphatic heterocycles. The molecule has 2 N–H and O–H groups in total. The van der Waals surface area contributed by atoms with Crippen LogP contribution in [0.2, 0.25) is 18.1 Å². The summed E-state index contributed by atoms with van der Waals surface area (Å²) in [5.41, 5.74) is -0.341. The van der Waals surface area contributed by atoms with Crippen LogP contribution >= 0.6 is 11.3 Å². The number of hydrogen-bond acceptors (Lipinski definition) is 6. The maximum Gasteiger partial charge on any atom is 0.348 e. The maximum absolute atomic E-state index is 12.9. The van der Waals surface area contributed by atoms with Crippen molar-refractivity contribution in [2.45, 2.75) is 65.2 Å². The molecule has 0 aliphatic carbocycles. The van der Waals surface area contributed by atoms with Crippen molar-refractivity contribution in [3.8, 4) is 0 Å². The molecule has 2 rings (SSSR count). The number of carbonyl (C=O) groups excluding carboxylic acids is 1. The number of nitrogens with zero attached hydrogens (tertiary/aromatic N) is 1. The van der Waals surface area contributed by atoms with Gasteiger partial charge in [0.1, 0.15) is 9.71 Å². The minimum absolute atomic E-state index is 0.219. The van der Waals surface area contributed by atoms with E-state index in [1.807, 2.05) is 26.9 Å². The molecular weight excluding hydrogens is 384 g/mol. The molecule has 2 aromatic rings. The fraction of sp³-hybridized carbons (Fsp3) is 0.611. The summed E-state index contributed by atoms with van der Waals surface area (Å²) in [6.45, 7) is 11.7. The number of fused-ring (bicyclic) bond motifs is 1. The number of ether oxygens (including phenoxy) is 1. The van der Waals surface area contributed by atoms with Crippen LogP contribution in [0.1, 0.15) is 48.8 Å². The Bertz CT molecular complexity index is 965. The lowest BCUT2D eigenvalue weighted by molar-refractivity contribution is 0.0531. The lowest BCUT2D eigenvalue weighted by Gasteiger charge is -2.35. The molecule has 0 radical (unpaired) electrons. The molecule has 0 fully saturated rings. The maximum atomic E-state index is 12.9. The predicted molar refractivity (Wildman–Crippen MR) is 110 cm³/mol. The molecule has 0 aliphatic rings. The molecule has 9 heteroatoms. The lowest BCUT2D eigenvalue weighted by Crippen LogP contribution is -2.40. The van der Waals surface area contributed by atoms with Crippen LogP contribution in [0.25, 0.3) is 10.2 Å². The van der Waals surface area contributed by atoms with Gasteiger partial charge in [-0.2, -0.15) is 0 Å². The Hall–Kier alpha value is -1.71. The normalized spacial score (nSPS) is 12.6. The number of rotatable bonds is 7. The highest BCUT2D eigenvalue weighted by Gasteiger charge is 2.37. The third-order valence-corrected chi connectivity index (χ3v) is 10.1. The van der Waals surface area contributed by atoms with Gasteiger partial charge in [0.25, 0.3) is 5.56 Å². The van der Waals surface area contributed by atoms with Gasteiger partial charge in [0.15, 0.2) is 8.32 Å². The van der Waals surface area contributed by atoms with Crippen molar-refractivity contribution in [2.75, 3.05) is 6.61 Å². The van der Waals surface area contributed by atoms with Gasteiger partial charge in [-0.05, 0) is 50.4 Å². The molecule has 7 nitrogen and oxygen atoms in total. The highest BCUT2D eigenvalue weighted by molar-refractivity contribution is 7.20. The van der Waals surface area contributed by atoms with E-state index in [1.54, 1.807) is 13.8 Å². The highest BCUT2D eigenvalue weighted by Crippen LogP contribution is 2.39. The SMILES string of the molecule is CCOC(=O)c1sc2[nH]c(=O)n(CCCC(C)(C)[Si](C)(C)O)c(=O)c2c1C. The molecule has 0 saturated heterocycles. The third kappa shape index (κ3) is 4.25. The molecule has 0 unspecified atom stereocenters. The molecule has 27 heavy (non-hydrogen) atoms. The summed E-state index contributed by atoms with van der Waals surface area (Å²) in [5, 5.41) is 0.141. The van der Waals surface area contributed by atoms with Gasteiger partial charge in [0, 0.05) is 6.54 Å². The van der Waals surface area contributed by atoms with E-state index in [-0.39, 0.29) is 18.2 Å². The Kier molecular flexibility index (Phi) is 6.18. The summed E-state index contributed by atoms with van der Waals surface area (Å²) in [6, 6.07) is 0. The molecule has 0 amide bonds. The van der Waals surface area contributed by atoms with Gasteiger partial charge in [0.05, 0.1) is 12.0 Å². The van der Waals surface area contributed by atoms with E-state index in [9.17, 15) is 19.2 Å². The molecule has 2 aromatic heterocycles. The van der Waals surface area contributed by atoms with Gasteiger partial charge in [-0.25, -0.2) is 9.59 Å². The second kappa shape index (κ2) is 7.73. The van der Waals surface area contributed by atoms with Crippen molar-refractivity contribution in [1.82, 2.24) is 9.55 Å². The van der Waals surface area contributed by atoms with E-state index in [0.717, 1.165) is 11.3 Å². The zero-order chi connectivity index (χ0) is 20.6. The first-order valence-electron chi connectivity index (χ1n) is 9.06.